The van der Waals surface area contributed by atoms with Gasteiger partial charge in [-0.25, -0.2) is 4.39 Å². The van der Waals surface area contributed by atoms with Crippen molar-refractivity contribution in [1.82, 2.24) is 0 Å². The molecule has 0 aromatic heterocycles. The topological polar surface area (TPSA) is 115 Å². The van der Waals surface area contributed by atoms with Crippen LogP contribution in [0.3, 0.4) is 0 Å². The van der Waals surface area contributed by atoms with E-state index in [4.69, 9.17) is 19.6 Å². The summed E-state index contributed by atoms with van der Waals surface area (Å²) >= 11 is 0. The van der Waals surface area contributed by atoms with Crippen LogP contribution in [0.2, 0.25) is 0 Å². The Balaban J connectivity index is 3.17. The number of halogens is 1. The van der Waals surface area contributed by atoms with Gasteiger partial charge in [0.2, 0.25) is 0 Å². The molecule has 6 nitrogen and oxygen atoms in total. The Morgan fingerprint density at radius 2 is 1.76 bits per heavy atom. The molecule has 96 valence electrons. The first-order chi connectivity index (χ1) is 7.59. The maximum Gasteiger partial charge on any atom is 0.333 e. The molecular weight excluding hydrogens is 273 g/mol. The van der Waals surface area contributed by atoms with Crippen LogP contribution in [0.4, 0.5) is 4.39 Å². The third-order valence-electron chi connectivity index (χ3n) is 2.05. The van der Waals surface area contributed by atoms with Crippen LogP contribution in [0.25, 0.3) is 0 Å². The predicted molar refractivity (Wildman–Crippen MR) is 58.1 cm³/mol. The molecule has 0 saturated heterocycles. The zero-order valence-electron chi connectivity index (χ0n) is 8.47. The van der Waals surface area contributed by atoms with E-state index in [1.165, 1.54) is 12.1 Å². The third-order valence-corrected chi connectivity index (χ3v) is 4.47. The summed E-state index contributed by atoms with van der Waals surface area (Å²) in [5, 5.41) is 0. The largest absolute Gasteiger partial charge is 0.333 e. The van der Waals surface area contributed by atoms with E-state index in [0.717, 1.165) is 12.1 Å². The fourth-order valence-corrected chi connectivity index (χ4v) is 4.04. The van der Waals surface area contributed by atoms with Gasteiger partial charge in [0.05, 0.1) is 11.8 Å². The molecule has 4 N–H and O–H groups in total. The van der Waals surface area contributed by atoms with Gasteiger partial charge in [0.1, 0.15) is 5.82 Å². The third kappa shape index (κ3) is 4.68. The van der Waals surface area contributed by atoms with Crippen molar-refractivity contribution in [2.45, 2.75) is 5.66 Å². The molecule has 0 radical (unpaired) electrons. The Bertz CT molecular complexity index is 493. The van der Waals surface area contributed by atoms with Gasteiger partial charge in [-0.3, -0.25) is 9.13 Å². The van der Waals surface area contributed by atoms with Gasteiger partial charge in [-0.2, -0.15) is 0 Å². The SMILES string of the molecule is O=P(O)(O)CC(c1cccc(F)c1)P(=O)(O)O. The molecule has 1 aromatic carbocycles. The average Bonchev–Trinajstić information content (AvgIpc) is 2.11. The van der Waals surface area contributed by atoms with Gasteiger partial charge in [0.15, 0.2) is 0 Å². The lowest BCUT2D eigenvalue weighted by molar-refractivity contribution is 0.347. The van der Waals surface area contributed by atoms with Gasteiger partial charge in [-0.05, 0) is 17.7 Å². The van der Waals surface area contributed by atoms with Crippen LogP contribution in [-0.4, -0.2) is 25.7 Å². The Labute approximate surface area is 96.4 Å². The van der Waals surface area contributed by atoms with Crippen molar-refractivity contribution in [3.8, 4) is 0 Å². The van der Waals surface area contributed by atoms with Crippen molar-refractivity contribution in [2.75, 3.05) is 6.16 Å². The molecule has 1 rings (SSSR count). The van der Waals surface area contributed by atoms with Gasteiger partial charge in [-0.15, -0.1) is 0 Å². The maximum atomic E-state index is 12.9. The Hall–Kier alpha value is -0.550. The van der Waals surface area contributed by atoms with E-state index < -0.39 is 32.8 Å². The molecule has 0 bridgehead atoms. The van der Waals surface area contributed by atoms with Crippen molar-refractivity contribution < 1.29 is 33.1 Å². The van der Waals surface area contributed by atoms with E-state index in [0.29, 0.717) is 0 Å². The molecule has 0 fully saturated rings. The fourth-order valence-electron chi connectivity index (χ4n) is 1.35. The Morgan fingerprint density at radius 3 is 2.18 bits per heavy atom. The number of hydrogen-bond acceptors (Lipinski definition) is 2. The van der Waals surface area contributed by atoms with E-state index in [9.17, 15) is 13.5 Å². The molecule has 0 amide bonds. The monoisotopic (exact) mass is 284 g/mol. The highest BCUT2D eigenvalue weighted by molar-refractivity contribution is 7.56. The van der Waals surface area contributed by atoms with Crippen LogP contribution >= 0.6 is 15.2 Å². The lowest BCUT2D eigenvalue weighted by Gasteiger charge is -2.19. The highest BCUT2D eigenvalue weighted by Gasteiger charge is 2.36. The second-order valence-electron chi connectivity index (χ2n) is 3.51. The lowest BCUT2D eigenvalue weighted by Crippen LogP contribution is -2.06. The van der Waals surface area contributed by atoms with Crippen LogP contribution < -0.4 is 0 Å². The second-order valence-corrected chi connectivity index (χ2v) is 7.00. The minimum absolute atomic E-state index is 0.137. The minimum Gasteiger partial charge on any atom is -0.324 e. The zero-order chi connectivity index (χ0) is 13.3. The number of benzene rings is 1. The van der Waals surface area contributed by atoms with Gasteiger partial charge in [-0.1, -0.05) is 12.1 Å². The van der Waals surface area contributed by atoms with Crippen molar-refractivity contribution in [3.63, 3.8) is 0 Å². The van der Waals surface area contributed by atoms with Crippen LogP contribution in [0.1, 0.15) is 11.2 Å². The first-order valence-corrected chi connectivity index (χ1v) is 7.93. The van der Waals surface area contributed by atoms with Gasteiger partial charge in [0, 0.05) is 0 Å². The fraction of sp³-hybridized carbons (Fsp3) is 0.250. The lowest BCUT2D eigenvalue weighted by atomic mass is 10.2. The summed E-state index contributed by atoms with van der Waals surface area (Å²) in [5.41, 5.74) is -1.85. The molecule has 1 aromatic rings. The normalized spacial score (nSPS) is 14.6. The molecule has 0 aliphatic carbocycles. The summed E-state index contributed by atoms with van der Waals surface area (Å²) in [5.74, 6) is -0.730. The van der Waals surface area contributed by atoms with Crippen molar-refractivity contribution >= 4 is 15.2 Å². The number of rotatable bonds is 4. The summed E-state index contributed by atoms with van der Waals surface area (Å²) < 4.78 is 34.9. The van der Waals surface area contributed by atoms with Gasteiger partial charge in [0.25, 0.3) is 0 Å². The predicted octanol–water partition coefficient (Wildman–Crippen LogP) is 1.22. The summed E-state index contributed by atoms with van der Waals surface area (Å²) in [7, 11) is -9.39. The molecule has 0 saturated carbocycles. The Kier molecular flexibility index (Phi) is 4.25. The van der Waals surface area contributed by atoms with Crippen LogP contribution in [0.5, 0.6) is 0 Å². The number of hydrogen-bond donors (Lipinski definition) is 4. The average molecular weight is 284 g/mol. The van der Waals surface area contributed by atoms with Crippen molar-refractivity contribution in [2.24, 2.45) is 0 Å². The molecule has 17 heavy (non-hydrogen) atoms. The molecule has 1 atom stereocenters. The smallest absolute Gasteiger partial charge is 0.324 e. The molecule has 9 heteroatoms. The second kappa shape index (κ2) is 4.98. The molecule has 0 spiro atoms. The highest BCUT2D eigenvalue weighted by Crippen LogP contribution is 2.57. The summed E-state index contributed by atoms with van der Waals surface area (Å²) in [4.78, 5) is 35.6. The summed E-state index contributed by atoms with van der Waals surface area (Å²) in [6, 6.07) is 4.34. The highest BCUT2D eigenvalue weighted by atomic mass is 31.2. The van der Waals surface area contributed by atoms with Crippen LogP contribution in [0, 0.1) is 5.82 Å². The van der Waals surface area contributed by atoms with E-state index in [1.807, 2.05) is 0 Å². The molecule has 1 unspecified atom stereocenters. The van der Waals surface area contributed by atoms with Crippen LogP contribution in [0.15, 0.2) is 24.3 Å². The van der Waals surface area contributed by atoms with Crippen molar-refractivity contribution in [1.29, 1.82) is 0 Å². The summed E-state index contributed by atoms with van der Waals surface area (Å²) in [6.45, 7) is 0. The molecule has 0 aliphatic heterocycles. The molecular formula is C8H11FO6P2. The first-order valence-electron chi connectivity index (χ1n) is 4.45. The maximum absolute atomic E-state index is 12.9. The van der Waals surface area contributed by atoms with E-state index in [2.05, 4.69) is 0 Å². The van der Waals surface area contributed by atoms with Crippen LogP contribution in [-0.2, 0) is 9.13 Å². The quantitative estimate of drug-likeness (QED) is 0.618. The first kappa shape index (κ1) is 14.5. The van der Waals surface area contributed by atoms with E-state index in [-0.39, 0.29) is 5.56 Å². The summed E-state index contributed by atoms with van der Waals surface area (Å²) in [6.07, 6.45) is -1.03. The minimum atomic E-state index is -4.77. The van der Waals surface area contributed by atoms with Crippen molar-refractivity contribution in [3.05, 3.63) is 35.6 Å². The zero-order valence-corrected chi connectivity index (χ0v) is 10.3. The van der Waals surface area contributed by atoms with E-state index >= 15 is 0 Å². The van der Waals surface area contributed by atoms with E-state index in [1.54, 1.807) is 0 Å². The molecule has 0 aliphatic rings. The van der Waals surface area contributed by atoms with Gasteiger partial charge >= 0.3 is 15.2 Å². The molecule has 0 heterocycles. The van der Waals surface area contributed by atoms with Gasteiger partial charge < -0.3 is 19.6 Å². The standard InChI is InChI=1S/C8H11FO6P2/c9-7-3-1-2-6(4-7)8(17(13,14)15)5-16(10,11)12/h1-4,8H,5H2,(H2,10,11,12)(H2,13,14,15). The Morgan fingerprint density at radius 1 is 1.18 bits per heavy atom.